The zero-order chi connectivity index (χ0) is 41.4. The molecule has 6 aromatic rings. The molecular weight excluding hydrogens is 773 g/mol. The maximum Gasteiger partial charge on any atom is 0.418 e. The zero-order valence-electron chi connectivity index (χ0n) is 30.6. The number of carbonyl (C=O) groups excluding carboxylic acids is 2. The average molecular weight is 808 g/mol. The Morgan fingerprint density at radius 3 is 1.88 bits per heavy atom. The molecule has 2 aromatic heterocycles. The van der Waals surface area contributed by atoms with E-state index in [0.29, 0.717) is 40.4 Å². The van der Waals surface area contributed by atoms with Gasteiger partial charge < -0.3 is 30.6 Å². The molecule has 5 N–H and O–H groups in total. The summed E-state index contributed by atoms with van der Waals surface area (Å²) in [6.07, 6.45) is -0.521. The van der Waals surface area contributed by atoms with E-state index in [4.69, 9.17) is 11.6 Å². The molecule has 16 heteroatoms. The lowest BCUT2D eigenvalue weighted by atomic mass is 9.86. The number of phenols is 1. The van der Waals surface area contributed by atoms with Gasteiger partial charge in [0.2, 0.25) is 10.9 Å². The van der Waals surface area contributed by atoms with Crippen molar-refractivity contribution in [3.05, 3.63) is 138 Å². The van der Waals surface area contributed by atoms with Crippen molar-refractivity contribution in [3.8, 4) is 5.75 Å². The van der Waals surface area contributed by atoms with Gasteiger partial charge in [-0.3, -0.25) is 19.2 Å². The highest BCUT2D eigenvalue weighted by atomic mass is 35.5. The minimum absolute atomic E-state index is 0.0666. The molecule has 1 aliphatic heterocycles. The van der Waals surface area contributed by atoms with E-state index in [-0.39, 0.29) is 27.8 Å². The number of rotatable bonds is 5. The van der Waals surface area contributed by atoms with Crippen LogP contribution < -0.4 is 26.4 Å². The lowest BCUT2D eigenvalue weighted by molar-refractivity contribution is -0.136. The molecular formula is C41H35ClF5N5O5. The van der Waals surface area contributed by atoms with Gasteiger partial charge in [0.1, 0.15) is 28.5 Å². The summed E-state index contributed by atoms with van der Waals surface area (Å²) in [5.74, 6) is -3.31. The van der Waals surface area contributed by atoms with Crippen LogP contribution in [0.4, 0.5) is 39.0 Å². The van der Waals surface area contributed by atoms with Crippen LogP contribution >= 0.6 is 11.6 Å². The van der Waals surface area contributed by atoms with Crippen molar-refractivity contribution in [3.63, 3.8) is 0 Å². The number of nitrogens with one attached hydrogen (secondary N) is 4. The van der Waals surface area contributed by atoms with E-state index in [1.165, 1.54) is 36.5 Å². The number of alkyl halides is 3. The number of benzene rings is 4. The topological polar surface area (TPSA) is 147 Å². The number of phenolic OH excluding ortho intramolecular Hbond substituents is 1. The standard InChI is InChI=1S/C21H17F4N3O2.C20H18ClFN2O3/c22-12-3-5-17-14(9-12)19(29)15(11-26-17)20(30)27-18-6-4-13(28-7-1-2-8-28)10-16(18)21(23,24)25;1-20(2,3)13-7-14(22)16(8-17(13)25)24-19(27)12-9-23-15-5-4-10(21)6-11(15)18(12)26/h3-6,9-11H,1-2,7-8H2,(H,26,29)(H,27,30);4-9,25H,1-3H3,(H,23,26)(H,24,27). The molecule has 1 fully saturated rings. The molecule has 0 bridgehead atoms. The summed E-state index contributed by atoms with van der Waals surface area (Å²) in [6, 6.07) is 14.2. The monoisotopic (exact) mass is 807 g/mol. The predicted molar refractivity (Wildman–Crippen MR) is 210 cm³/mol. The van der Waals surface area contributed by atoms with E-state index in [2.05, 4.69) is 20.6 Å². The fourth-order valence-electron chi connectivity index (χ4n) is 6.40. The highest BCUT2D eigenvalue weighted by Crippen LogP contribution is 2.38. The highest BCUT2D eigenvalue weighted by Gasteiger charge is 2.35. The normalized spacial score (nSPS) is 13.0. The molecule has 4 aromatic carbocycles. The number of aromatic nitrogens is 2. The van der Waals surface area contributed by atoms with Crippen molar-refractivity contribution in [2.45, 2.75) is 45.2 Å². The van der Waals surface area contributed by atoms with Crippen LogP contribution in [0.15, 0.2) is 88.7 Å². The van der Waals surface area contributed by atoms with E-state index in [9.17, 15) is 46.2 Å². The first-order valence-corrected chi connectivity index (χ1v) is 17.9. The number of hydrogen-bond acceptors (Lipinski definition) is 6. The maximum absolute atomic E-state index is 14.4. The summed E-state index contributed by atoms with van der Waals surface area (Å²) in [5, 5.41) is 15.2. The lowest BCUT2D eigenvalue weighted by Gasteiger charge is -2.21. The van der Waals surface area contributed by atoms with Crippen molar-refractivity contribution >= 4 is 62.3 Å². The minimum atomic E-state index is -4.70. The van der Waals surface area contributed by atoms with Gasteiger partial charge in [-0.05, 0) is 78.9 Å². The Bertz CT molecular complexity index is 2670. The van der Waals surface area contributed by atoms with Gasteiger partial charge in [-0.1, -0.05) is 32.4 Å². The van der Waals surface area contributed by atoms with Crippen LogP contribution in [0.1, 0.15) is 65.5 Å². The van der Waals surface area contributed by atoms with Crippen LogP contribution in [-0.2, 0) is 11.6 Å². The highest BCUT2D eigenvalue weighted by molar-refractivity contribution is 6.31. The number of aromatic amines is 2. The Hall–Kier alpha value is -6.22. The summed E-state index contributed by atoms with van der Waals surface area (Å²) in [4.78, 5) is 57.6. The molecule has 0 spiro atoms. The summed E-state index contributed by atoms with van der Waals surface area (Å²) in [7, 11) is 0. The molecule has 0 saturated carbocycles. The Morgan fingerprint density at radius 2 is 1.30 bits per heavy atom. The smallest absolute Gasteiger partial charge is 0.418 e. The number of nitrogens with zero attached hydrogens (tertiary/aromatic N) is 1. The third-order valence-corrected chi connectivity index (χ3v) is 9.58. The second kappa shape index (κ2) is 15.7. The van der Waals surface area contributed by atoms with Gasteiger partial charge in [-0.25, -0.2) is 8.78 Å². The molecule has 0 unspecified atom stereocenters. The Balaban J connectivity index is 0.000000194. The number of H-pyrrole nitrogens is 2. The fourth-order valence-corrected chi connectivity index (χ4v) is 6.58. The zero-order valence-corrected chi connectivity index (χ0v) is 31.4. The third kappa shape index (κ3) is 8.78. The van der Waals surface area contributed by atoms with Crippen LogP contribution in [0.25, 0.3) is 21.8 Å². The number of carbonyl (C=O) groups is 2. The van der Waals surface area contributed by atoms with Crippen LogP contribution in [0.3, 0.4) is 0 Å². The van der Waals surface area contributed by atoms with Gasteiger partial charge in [0.25, 0.3) is 11.8 Å². The number of hydrogen-bond donors (Lipinski definition) is 5. The Labute approximate surface area is 326 Å². The molecule has 0 atom stereocenters. The van der Waals surface area contributed by atoms with Crippen LogP contribution in [-0.4, -0.2) is 40.0 Å². The predicted octanol–water partition coefficient (Wildman–Crippen LogP) is 9.11. The van der Waals surface area contributed by atoms with Crippen molar-refractivity contribution in [2.75, 3.05) is 28.6 Å². The fraction of sp³-hybridized carbons (Fsp3) is 0.220. The van der Waals surface area contributed by atoms with E-state index >= 15 is 0 Å². The molecule has 10 nitrogen and oxygen atoms in total. The second-order valence-corrected chi connectivity index (χ2v) is 14.8. The molecule has 3 heterocycles. The van der Waals surface area contributed by atoms with E-state index in [1.54, 1.807) is 12.1 Å². The van der Waals surface area contributed by atoms with Gasteiger partial charge in [0.05, 0.1) is 16.9 Å². The summed E-state index contributed by atoms with van der Waals surface area (Å²) < 4.78 is 68.7. The van der Waals surface area contributed by atoms with Gasteiger partial charge in [0.15, 0.2) is 0 Å². The number of amides is 2. The molecule has 7 rings (SSSR count). The number of fused-ring (bicyclic) bond motifs is 2. The van der Waals surface area contributed by atoms with E-state index < -0.39 is 62.7 Å². The van der Waals surface area contributed by atoms with Crippen molar-refractivity contribution in [2.24, 2.45) is 0 Å². The van der Waals surface area contributed by atoms with Crippen molar-refractivity contribution in [1.82, 2.24) is 9.97 Å². The number of aromatic hydroxyl groups is 1. The largest absolute Gasteiger partial charge is 0.508 e. The number of pyridine rings is 2. The Kier molecular flexibility index (Phi) is 11.2. The molecule has 1 saturated heterocycles. The first-order chi connectivity index (χ1) is 26.8. The third-order valence-electron chi connectivity index (χ3n) is 9.34. The van der Waals surface area contributed by atoms with Crippen LogP contribution in [0, 0.1) is 11.6 Å². The van der Waals surface area contributed by atoms with Gasteiger partial charge in [-0.2, -0.15) is 13.2 Å². The first-order valence-electron chi connectivity index (χ1n) is 17.6. The molecule has 296 valence electrons. The molecule has 1 aliphatic rings. The molecule has 0 radical (unpaired) electrons. The van der Waals surface area contributed by atoms with Crippen LogP contribution in [0.2, 0.25) is 5.02 Å². The van der Waals surface area contributed by atoms with E-state index in [1.807, 2.05) is 25.7 Å². The molecule has 57 heavy (non-hydrogen) atoms. The average Bonchev–Trinajstić information content (AvgIpc) is 3.69. The van der Waals surface area contributed by atoms with Gasteiger partial charge in [0, 0.05) is 69.6 Å². The van der Waals surface area contributed by atoms with Gasteiger partial charge >= 0.3 is 6.18 Å². The minimum Gasteiger partial charge on any atom is -0.508 e. The molecule has 0 aliphatic carbocycles. The molecule has 2 amide bonds. The summed E-state index contributed by atoms with van der Waals surface area (Å²) >= 11 is 5.91. The summed E-state index contributed by atoms with van der Waals surface area (Å²) in [5.41, 5.74) is -2.36. The van der Waals surface area contributed by atoms with Crippen molar-refractivity contribution < 1.29 is 36.6 Å². The quantitative estimate of drug-likeness (QED) is 0.110. The lowest BCUT2D eigenvalue weighted by Crippen LogP contribution is -2.24. The van der Waals surface area contributed by atoms with E-state index in [0.717, 1.165) is 43.3 Å². The number of halogens is 6. The second-order valence-electron chi connectivity index (χ2n) is 14.4. The van der Waals surface area contributed by atoms with Crippen LogP contribution in [0.5, 0.6) is 5.75 Å². The van der Waals surface area contributed by atoms with Gasteiger partial charge in [-0.15, -0.1) is 0 Å². The summed E-state index contributed by atoms with van der Waals surface area (Å²) in [6.45, 7) is 6.84. The maximum atomic E-state index is 14.4. The first kappa shape index (κ1) is 40.4. The van der Waals surface area contributed by atoms with Crippen molar-refractivity contribution in [1.29, 1.82) is 0 Å². The Morgan fingerprint density at radius 1 is 0.737 bits per heavy atom. The number of anilines is 3. The SMILES string of the molecule is CC(C)(C)c1cc(F)c(NC(=O)c2c[nH]c3ccc(Cl)cc3c2=O)cc1O.O=C(Nc1ccc(N2CCCC2)cc1C(F)(F)F)c1c[nH]c2ccc(F)cc2c1=O.